The molecule has 0 saturated heterocycles. The van der Waals surface area contributed by atoms with Gasteiger partial charge in [0.15, 0.2) is 0 Å². The van der Waals surface area contributed by atoms with Crippen LogP contribution in [0, 0.1) is 11.7 Å². The molecule has 1 aliphatic rings. The van der Waals surface area contributed by atoms with Crippen molar-refractivity contribution in [3.8, 4) is 0 Å². The summed E-state index contributed by atoms with van der Waals surface area (Å²) in [5, 5.41) is 2.59. The number of amides is 2. The fourth-order valence-corrected chi connectivity index (χ4v) is 3.37. The van der Waals surface area contributed by atoms with Crippen molar-refractivity contribution in [2.75, 3.05) is 18.5 Å². The molecule has 2 N–H and O–H groups in total. The van der Waals surface area contributed by atoms with Crippen molar-refractivity contribution in [1.82, 2.24) is 15.4 Å². The Morgan fingerprint density at radius 3 is 2.84 bits per heavy atom. The number of nitrogens with zero attached hydrogens (tertiary/aromatic N) is 2. The molecule has 164 valence electrons. The Morgan fingerprint density at radius 1 is 1.35 bits per heavy atom. The summed E-state index contributed by atoms with van der Waals surface area (Å²) < 4.78 is 29.9. The summed E-state index contributed by atoms with van der Waals surface area (Å²) in [6.45, 7) is 2.08. The average Bonchev–Trinajstić information content (AvgIpc) is 2.75. The Kier molecular flexibility index (Phi) is 7.69. The number of benzene rings is 1. The van der Waals surface area contributed by atoms with E-state index in [2.05, 4.69) is 31.7 Å². The van der Waals surface area contributed by atoms with Crippen LogP contribution in [-0.4, -0.2) is 34.8 Å². The first-order chi connectivity index (χ1) is 14.9. The van der Waals surface area contributed by atoms with Crippen LogP contribution in [0.25, 0.3) is 0 Å². The number of rotatable bonds is 8. The molecule has 1 unspecified atom stereocenters. The second kappa shape index (κ2) is 10.5. The van der Waals surface area contributed by atoms with Crippen LogP contribution in [0.1, 0.15) is 18.9 Å². The lowest BCUT2D eigenvalue weighted by atomic mass is 9.97. The maximum atomic E-state index is 15.1. The molecule has 1 atom stereocenters. The van der Waals surface area contributed by atoms with Crippen LogP contribution in [-0.2, 0) is 21.0 Å². The number of carbonyl (C=O) groups excluding carboxylic acids is 2. The molecule has 3 rings (SSSR count). The lowest BCUT2D eigenvalue weighted by Gasteiger charge is -2.33. The van der Waals surface area contributed by atoms with Gasteiger partial charge in [0.2, 0.25) is 5.83 Å². The first-order valence-corrected chi connectivity index (χ1v) is 10.4. The number of nitrogens with one attached hydrogen (secondary N) is 2. The highest BCUT2D eigenvalue weighted by Crippen LogP contribution is 2.30. The number of hydrogen-bond donors (Lipinski definition) is 2. The summed E-state index contributed by atoms with van der Waals surface area (Å²) in [6, 6.07) is 7.57. The van der Waals surface area contributed by atoms with E-state index < -0.39 is 29.4 Å². The Bertz CT molecular complexity index is 988. The second-order valence-corrected chi connectivity index (χ2v) is 7.81. The quantitative estimate of drug-likeness (QED) is 0.431. The molecule has 0 fully saturated rings. The van der Waals surface area contributed by atoms with Crippen molar-refractivity contribution in [3.63, 3.8) is 0 Å². The van der Waals surface area contributed by atoms with Gasteiger partial charge in [-0.2, -0.15) is 4.39 Å². The molecular weight excluding hydrogens is 474 g/mol. The van der Waals surface area contributed by atoms with Crippen LogP contribution in [0.2, 0.25) is 0 Å². The van der Waals surface area contributed by atoms with Gasteiger partial charge in [-0.25, -0.2) is 9.87 Å². The Morgan fingerprint density at radius 2 is 2.16 bits per heavy atom. The standard InChI is InChI=1S/C21H21BrF2N4O3/c1-2-8-31-27-20(29)15-12-28(11-13-4-3-7-25-10-13)21(30)18(24)19(15)26-17-6-5-14(22)9-16(17)23/h3-7,9-10,15,26H,2,8,11-12H2,1H3,(H,27,29). The number of halogens is 3. The molecule has 2 heterocycles. The largest absolute Gasteiger partial charge is 0.353 e. The Hall–Kier alpha value is -2.85. The van der Waals surface area contributed by atoms with Gasteiger partial charge in [-0.3, -0.25) is 19.4 Å². The van der Waals surface area contributed by atoms with E-state index >= 15 is 4.39 Å². The van der Waals surface area contributed by atoms with E-state index in [0.29, 0.717) is 16.5 Å². The van der Waals surface area contributed by atoms with E-state index in [1.54, 1.807) is 30.6 Å². The third kappa shape index (κ3) is 5.65. The second-order valence-electron chi connectivity index (χ2n) is 6.89. The van der Waals surface area contributed by atoms with Crippen LogP contribution >= 0.6 is 15.9 Å². The molecule has 31 heavy (non-hydrogen) atoms. The smallest absolute Gasteiger partial charge is 0.284 e. The molecule has 1 aromatic heterocycles. The highest BCUT2D eigenvalue weighted by Gasteiger charge is 2.39. The van der Waals surface area contributed by atoms with Crippen LogP contribution < -0.4 is 10.8 Å². The summed E-state index contributed by atoms with van der Waals surface area (Å²) >= 11 is 3.15. The molecule has 1 aromatic carbocycles. The van der Waals surface area contributed by atoms with Gasteiger partial charge in [-0.15, -0.1) is 0 Å². The fraction of sp³-hybridized carbons (Fsp3) is 0.286. The molecule has 0 saturated carbocycles. The summed E-state index contributed by atoms with van der Waals surface area (Å²) in [4.78, 5) is 35.7. The number of anilines is 1. The van der Waals surface area contributed by atoms with Crippen molar-refractivity contribution in [3.05, 3.63) is 70.1 Å². The van der Waals surface area contributed by atoms with E-state index in [0.717, 1.165) is 0 Å². The van der Waals surface area contributed by atoms with E-state index in [1.807, 2.05) is 6.92 Å². The molecule has 0 radical (unpaired) electrons. The van der Waals surface area contributed by atoms with Gasteiger partial charge in [-0.05, 0) is 36.2 Å². The maximum Gasteiger partial charge on any atom is 0.284 e. The molecule has 1 aliphatic heterocycles. The molecule has 7 nitrogen and oxygen atoms in total. The first kappa shape index (κ1) is 22.8. The molecule has 0 bridgehead atoms. The fourth-order valence-electron chi connectivity index (χ4n) is 3.04. The zero-order chi connectivity index (χ0) is 22.4. The molecular formula is C21H21BrF2N4O3. The van der Waals surface area contributed by atoms with Crippen molar-refractivity contribution in [2.45, 2.75) is 19.9 Å². The van der Waals surface area contributed by atoms with Crippen LogP contribution in [0.5, 0.6) is 0 Å². The maximum absolute atomic E-state index is 15.1. The number of hydrogen-bond acceptors (Lipinski definition) is 5. The van der Waals surface area contributed by atoms with Crippen LogP contribution in [0.3, 0.4) is 0 Å². The Balaban J connectivity index is 1.91. The number of aromatic nitrogens is 1. The molecule has 0 aliphatic carbocycles. The number of hydroxylamine groups is 1. The minimum Gasteiger partial charge on any atom is -0.353 e. The van der Waals surface area contributed by atoms with Gasteiger partial charge in [-0.1, -0.05) is 28.9 Å². The minimum atomic E-state index is -1.16. The summed E-state index contributed by atoms with van der Waals surface area (Å²) in [5.41, 5.74) is 2.59. The SMILES string of the molecule is CCCONC(=O)C1CN(Cc2cccnc2)C(=O)C(F)=C1Nc1ccc(Br)cc1F. The normalized spacial score (nSPS) is 16.5. The molecule has 10 heteroatoms. The Labute approximate surface area is 186 Å². The number of pyridine rings is 1. The average molecular weight is 495 g/mol. The van der Waals surface area contributed by atoms with Gasteiger partial charge in [0.25, 0.3) is 11.8 Å². The summed E-state index contributed by atoms with van der Waals surface area (Å²) in [7, 11) is 0. The number of carbonyl (C=O) groups is 2. The van der Waals surface area contributed by atoms with Gasteiger partial charge in [0.1, 0.15) is 11.7 Å². The van der Waals surface area contributed by atoms with Gasteiger partial charge >= 0.3 is 0 Å². The predicted octanol–water partition coefficient (Wildman–Crippen LogP) is 3.69. The molecule has 2 aromatic rings. The van der Waals surface area contributed by atoms with Gasteiger partial charge in [0.05, 0.1) is 18.0 Å². The predicted molar refractivity (Wildman–Crippen MR) is 113 cm³/mol. The highest BCUT2D eigenvalue weighted by molar-refractivity contribution is 9.10. The van der Waals surface area contributed by atoms with Gasteiger partial charge in [0, 0.05) is 30.0 Å². The van der Waals surface area contributed by atoms with Crippen molar-refractivity contribution in [1.29, 1.82) is 0 Å². The lowest BCUT2D eigenvalue weighted by Crippen LogP contribution is -2.47. The van der Waals surface area contributed by atoms with Crippen LogP contribution in [0.4, 0.5) is 14.5 Å². The molecule has 0 spiro atoms. The first-order valence-electron chi connectivity index (χ1n) is 9.62. The summed E-state index contributed by atoms with van der Waals surface area (Å²) in [6.07, 6.45) is 3.80. The van der Waals surface area contributed by atoms with Crippen molar-refractivity contribution < 1.29 is 23.2 Å². The lowest BCUT2D eigenvalue weighted by molar-refractivity contribution is -0.140. The van der Waals surface area contributed by atoms with Gasteiger partial charge < -0.3 is 10.2 Å². The van der Waals surface area contributed by atoms with E-state index in [4.69, 9.17) is 4.84 Å². The van der Waals surface area contributed by atoms with Crippen molar-refractivity contribution in [2.24, 2.45) is 5.92 Å². The third-order valence-electron chi connectivity index (χ3n) is 4.56. The monoisotopic (exact) mass is 494 g/mol. The van der Waals surface area contributed by atoms with E-state index in [-0.39, 0.29) is 31.1 Å². The van der Waals surface area contributed by atoms with E-state index in [9.17, 15) is 14.0 Å². The van der Waals surface area contributed by atoms with Crippen LogP contribution in [0.15, 0.2) is 58.7 Å². The zero-order valence-corrected chi connectivity index (χ0v) is 18.3. The van der Waals surface area contributed by atoms with Crippen molar-refractivity contribution >= 4 is 33.4 Å². The topological polar surface area (TPSA) is 83.6 Å². The highest BCUT2D eigenvalue weighted by atomic mass is 79.9. The minimum absolute atomic E-state index is 0.0610. The molecule has 2 amide bonds. The van der Waals surface area contributed by atoms with E-state index in [1.165, 1.54) is 17.0 Å². The zero-order valence-electron chi connectivity index (χ0n) is 16.7. The summed E-state index contributed by atoms with van der Waals surface area (Å²) in [5.74, 6) is -4.50. The third-order valence-corrected chi connectivity index (χ3v) is 5.05.